The van der Waals surface area contributed by atoms with Gasteiger partial charge in [0.2, 0.25) is 0 Å². The Morgan fingerprint density at radius 1 is 1.16 bits per heavy atom. The molecule has 1 unspecified atom stereocenters. The van der Waals surface area contributed by atoms with Crippen LogP contribution in [0.25, 0.3) is 11.3 Å². The second-order valence-electron chi connectivity index (χ2n) is 8.65. The number of aromatic nitrogens is 3. The lowest BCUT2D eigenvalue weighted by molar-refractivity contribution is 0.0264. The molecule has 1 fully saturated rings. The van der Waals surface area contributed by atoms with E-state index in [-0.39, 0.29) is 18.2 Å². The van der Waals surface area contributed by atoms with Gasteiger partial charge in [0.15, 0.2) is 0 Å². The Morgan fingerprint density at radius 2 is 1.95 bits per heavy atom. The van der Waals surface area contributed by atoms with Crippen molar-refractivity contribution in [1.82, 2.24) is 15.0 Å². The summed E-state index contributed by atoms with van der Waals surface area (Å²) in [6.45, 7) is 1.86. The van der Waals surface area contributed by atoms with Crippen LogP contribution in [0.4, 0.5) is 5.82 Å². The van der Waals surface area contributed by atoms with Gasteiger partial charge in [-0.05, 0) is 48.8 Å². The van der Waals surface area contributed by atoms with E-state index < -0.39 is 11.4 Å². The van der Waals surface area contributed by atoms with Crippen LogP contribution in [0.1, 0.15) is 36.5 Å². The fraction of sp³-hybridized carbons (Fsp3) is 0.320. The Morgan fingerprint density at radius 3 is 2.54 bits per heavy atom. The van der Waals surface area contributed by atoms with Gasteiger partial charge in [0.1, 0.15) is 40.9 Å². The average Bonchev–Trinajstić information content (AvgIpc) is 3.70. The zero-order chi connectivity index (χ0) is 26.4. The van der Waals surface area contributed by atoms with Gasteiger partial charge in [-0.15, -0.1) is 11.8 Å². The van der Waals surface area contributed by atoms with Crippen molar-refractivity contribution in [2.45, 2.75) is 48.0 Å². The molecule has 1 N–H and O–H groups in total. The predicted octanol–water partition coefficient (Wildman–Crippen LogP) is 3.05. The van der Waals surface area contributed by atoms with Gasteiger partial charge < -0.3 is 14.8 Å². The number of thioether (sulfide) groups is 1. The Bertz CT molecular complexity index is 1320. The van der Waals surface area contributed by atoms with Crippen LogP contribution >= 0.6 is 11.8 Å². The zero-order valence-electron chi connectivity index (χ0n) is 20.2. The molecule has 1 atom stereocenters. The van der Waals surface area contributed by atoms with Crippen molar-refractivity contribution in [3.63, 3.8) is 0 Å². The summed E-state index contributed by atoms with van der Waals surface area (Å²) in [5, 5.41) is 22.3. The van der Waals surface area contributed by atoms with Crippen molar-refractivity contribution in [3.8, 4) is 29.1 Å². The van der Waals surface area contributed by atoms with Gasteiger partial charge in [-0.3, -0.25) is 9.97 Å². The van der Waals surface area contributed by atoms with Gasteiger partial charge in [0.05, 0.1) is 47.1 Å². The molecule has 3 heterocycles. The van der Waals surface area contributed by atoms with Crippen LogP contribution in [0.2, 0.25) is 0 Å². The highest BCUT2D eigenvalue weighted by molar-refractivity contribution is 7.98. The summed E-state index contributed by atoms with van der Waals surface area (Å²) in [7, 11) is 16.4. The highest BCUT2D eigenvalue weighted by atomic mass is 32.2. The van der Waals surface area contributed by atoms with E-state index in [1.807, 2.05) is 12.1 Å². The maximum absolute atomic E-state index is 10.1. The van der Waals surface area contributed by atoms with E-state index in [2.05, 4.69) is 32.4 Å². The predicted molar refractivity (Wildman–Crippen MR) is 143 cm³/mol. The van der Waals surface area contributed by atoms with Gasteiger partial charge in [-0.25, -0.2) is 4.98 Å². The van der Waals surface area contributed by atoms with E-state index in [1.54, 1.807) is 31.5 Å². The SMILES string of the molecule is [B]C([B])([B])OC(C)COc1ccc(-c2c(C#N)c(NC3CC3)nc(SCc3cccnc3)c2C#N)nc1. The van der Waals surface area contributed by atoms with Crippen molar-refractivity contribution >= 4 is 41.1 Å². The third kappa shape index (κ3) is 7.28. The van der Waals surface area contributed by atoms with E-state index in [0.717, 1.165) is 18.4 Å². The minimum Gasteiger partial charge on any atom is -0.489 e. The summed E-state index contributed by atoms with van der Waals surface area (Å²) < 4.78 is 10.9. The molecule has 8 nitrogen and oxygen atoms in total. The number of nitriles is 2. The van der Waals surface area contributed by atoms with Crippen LogP contribution in [0.3, 0.4) is 0 Å². The molecular weight excluding hydrogens is 481 g/mol. The first-order valence-electron chi connectivity index (χ1n) is 11.6. The van der Waals surface area contributed by atoms with Crippen LogP contribution < -0.4 is 10.1 Å². The smallest absolute Gasteiger partial charge is 0.146 e. The van der Waals surface area contributed by atoms with Crippen LogP contribution in [-0.4, -0.2) is 62.5 Å². The molecule has 1 aliphatic carbocycles. The minimum absolute atomic E-state index is 0.140. The first kappa shape index (κ1) is 26.6. The molecule has 4 rings (SSSR count). The summed E-state index contributed by atoms with van der Waals surface area (Å²) in [5.74, 6) is 1.49. The lowest BCUT2D eigenvalue weighted by Crippen LogP contribution is -2.39. The van der Waals surface area contributed by atoms with Crippen molar-refractivity contribution in [1.29, 1.82) is 10.5 Å². The first-order valence-corrected chi connectivity index (χ1v) is 12.6. The molecule has 1 saturated carbocycles. The van der Waals surface area contributed by atoms with Gasteiger partial charge in [-0.2, -0.15) is 10.5 Å². The highest BCUT2D eigenvalue weighted by Crippen LogP contribution is 2.38. The molecule has 0 bridgehead atoms. The van der Waals surface area contributed by atoms with Gasteiger partial charge in [0, 0.05) is 29.8 Å². The molecule has 1 aliphatic rings. The quantitative estimate of drug-likeness (QED) is 0.312. The van der Waals surface area contributed by atoms with Gasteiger partial charge >= 0.3 is 0 Å². The van der Waals surface area contributed by atoms with Crippen LogP contribution in [0, 0.1) is 22.7 Å². The summed E-state index contributed by atoms with van der Waals surface area (Å²) in [4.78, 5) is 13.3. The Hall–Kier alpha value is -3.47. The van der Waals surface area contributed by atoms with Crippen LogP contribution in [-0.2, 0) is 10.5 Å². The van der Waals surface area contributed by atoms with E-state index in [0.29, 0.717) is 39.2 Å². The van der Waals surface area contributed by atoms with Crippen molar-refractivity contribution in [2.24, 2.45) is 0 Å². The van der Waals surface area contributed by atoms with Crippen LogP contribution in [0.15, 0.2) is 47.9 Å². The van der Waals surface area contributed by atoms with E-state index in [4.69, 9.17) is 33.0 Å². The number of ether oxygens (including phenoxy) is 2. The average molecular weight is 502 g/mol. The second kappa shape index (κ2) is 11.7. The number of nitrogens with one attached hydrogen (secondary N) is 1. The summed E-state index contributed by atoms with van der Waals surface area (Å²) in [5.41, 5.74) is 2.45. The Kier molecular flexibility index (Phi) is 8.43. The maximum atomic E-state index is 10.1. The topological polar surface area (TPSA) is 117 Å². The third-order valence-corrected chi connectivity index (χ3v) is 6.33. The number of hydrogen-bond acceptors (Lipinski definition) is 9. The van der Waals surface area contributed by atoms with E-state index in [9.17, 15) is 10.5 Å². The van der Waals surface area contributed by atoms with E-state index >= 15 is 0 Å². The third-order valence-electron chi connectivity index (χ3n) is 5.29. The number of rotatable bonds is 11. The normalized spacial score (nSPS) is 13.8. The summed E-state index contributed by atoms with van der Waals surface area (Å²) in [6.07, 6.45) is 6.54. The number of hydrogen-bond donors (Lipinski definition) is 1. The molecule has 0 saturated heterocycles. The number of pyridine rings is 3. The first-order chi connectivity index (χ1) is 17.8. The van der Waals surface area contributed by atoms with Gasteiger partial charge in [-0.1, -0.05) is 6.07 Å². The van der Waals surface area contributed by atoms with Crippen molar-refractivity contribution < 1.29 is 9.47 Å². The fourth-order valence-electron chi connectivity index (χ4n) is 3.51. The van der Waals surface area contributed by atoms with E-state index in [1.165, 1.54) is 18.0 Å². The maximum Gasteiger partial charge on any atom is 0.146 e. The van der Waals surface area contributed by atoms with Crippen molar-refractivity contribution in [3.05, 3.63) is 59.5 Å². The largest absolute Gasteiger partial charge is 0.489 e. The molecule has 3 aromatic rings. The number of anilines is 1. The Labute approximate surface area is 224 Å². The minimum atomic E-state index is -1.76. The molecule has 0 amide bonds. The lowest BCUT2D eigenvalue weighted by atomic mass is 9.52. The molecular formula is C25H21B3N6O2S. The standard InChI is InChI=1S/C25H21B3N6O2S/c1-15(36-25(26,27)28)13-35-18-6-7-21(32-12-18)22-19(9-29)23(33-17-4-5-17)34-24(20(22)10-30)37-14-16-3-2-8-31-11-16/h2-3,6-8,11-12,15,17H,4-5,13-14H2,1H3,(H,33,34). The van der Waals surface area contributed by atoms with Crippen LogP contribution in [0.5, 0.6) is 5.75 Å². The molecule has 37 heavy (non-hydrogen) atoms. The molecule has 0 spiro atoms. The summed E-state index contributed by atoms with van der Waals surface area (Å²) >= 11 is 1.41. The molecule has 0 aliphatic heterocycles. The van der Waals surface area contributed by atoms with Gasteiger partial charge in [0.25, 0.3) is 0 Å². The van der Waals surface area contributed by atoms with Crippen molar-refractivity contribution in [2.75, 3.05) is 11.9 Å². The monoisotopic (exact) mass is 502 g/mol. The Balaban J connectivity index is 1.64. The zero-order valence-corrected chi connectivity index (χ0v) is 21.0. The lowest BCUT2D eigenvalue weighted by Gasteiger charge is -2.26. The molecule has 12 heteroatoms. The molecule has 3 aromatic heterocycles. The molecule has 0 aromatic carbocycles. The fourth-order valence-corrected chi connectivity index (χ4v) is 4.43. The molecule has 178 valence electrons. The second-order valence-corrected chi connectivity index (χ2v) is 9.62. The molecule has 6 radical (unpaired) electrons. The number of nitrogens with zero attached hydrogens (tertiary/aromatic N) is 5. The highest BCUT2D eigenvalue weighted by Gasteiger charge is 2.27. The summed E-state index contributed by atoms with van der Waals surface area (Å²) in [6, 6.07) is 12.0.